The summed E-state index contributed by atoms with van der Waals surface area (Å²) in [5.41, 5.74) is 1.84. The topological polar surface area (TPSA) is 96.0 Å². The molecule has 1 atom stereocenters. The number of benzene rings is 3. The maximum atomic E-state index is 13.9. The fourth-order valence-electron chi connectivity index (χ4n) is 3.96. The maximum absolute atomic E-state index is 13.9. The van der Waals surface area contributed by atoms with Crippen molar-refractivity contribution in [2.45, 2.75) is 51.2 Å². The van der Waals surface area contributed by atoms with Crippen molar-refractivity contribution < 1.29 is 22.7 Å². The number of nitrogens with one attached hydrogen (secondary N) is 1. The Morgan fingerprint density at radius 2 is 1.56 bits per heavy atom. The van der Waals surface area contributed by atoms with E-state index in [0.29, 0.717) is 5.02 Å². The second-order valence-corrected chi connectivity index (χ2v) is 11.8. The minimum Gasteiger partial charge on any atom is -0.495 e. The molecule has 0 saturated heterocycles. The van der Waals surface area contributed by atoms with E-state index in [0.717, 1.165) is 15.4 Å². The summed E-state index contributed by atoms with van der Waals surface area (Å²) in [5, 5.41) is 3.37. The number of hydrogen-bond donors (Lipinski definition) is 1. The first-order valence-corrected chi connectivity index (χ1v) is 14.3. The summed E-state index contributed by atoms with van der Waals surface area (Å²) in [7, 11) is -2.75. The van der Waals surface area contributed by atoms with Gasteiger partial charge in [-0.15, -0.1) is 0 Å². The van der Waals surface area contributed by atoms with E-state index in [9.17, 15) is 18.0 Å². The van der Waals surface area contributed by atoms with Crippen LogP contribution in [-0.4, -0.2) is 50.9 Å². The van der Waals surface area contributed by atoms with Gasteiger partial charge in [0.2, 0.25) is 11.8 Å². The molecule has 0 saturated carbocycles. The molecule has 0 fully saturated rings. The SMILES string of the molecule is COc1ccccc1N(CC(=O)N(Cc1ccc(Cl)cc1)C(C)C(=O)NC(C)C)S(=O)(=O)c1ccc(C)cc1. The van der Waals surface area contributed by atoms with Gasteiger partial charge in [0.25, 0.3) is 10.0 Å². The molecule has 0 aromatic heterocycles. The molecule has 3 rings (SSSR count). The molecule has 0 spiro atoms. The van der Waals surface area contributed by atoms with Crippen LogP contribution < -0.4 is 14.4 Å². The third-order valence-electron chi connectivity index (χ3n) is 6.11. The van der Waals surface area contributed by atoms with Crippen molar-refractivity contribution in [2.24, 2.45) is 0 Å². The zero-order chi connectivity index (χ0) is 28.7. The molecule has 0 radical (unpaired) electrons. The van der Waals surface area contributed by atoms with Gasteiger partial charge in [-0.3, -0.25) is 13.9 Å². The Morgan fingerprint density at radius 3 is 2.15 bits per heavy atom. The molecular formula is C29H34ClN3O5S. The number of nitrogens with zero attached hydrogens (tertiary/aromatic N) is 2. The first-order chi connectivity index (χ1) is 18.4. The molecule has 208 valence electrons. The van der Waals surface area contributed by atoms with Crippen LogP contribution in [0, 0.1) is 6.92 Å². The van der Waals surface area contributed by atoms with Gasteiger partial charge in [0.05, 0.1) is 17.7 Å². The Hall–Kier alpha value is -3.56. The normalized spacial score (nSPS) is 12.1. The summed E-state index contributed by atoms with van der Waals surface area (Å²) >= 11 is 6.03. The van der Waals surface area contributed by atoms with Crippen LogP contribution in [0.25, 0.3) is 0 Å². The van der Waals surface area contributed by atoms with E-state index >= 15 is 0 Å². The van der Waals surface area contributed by atoms with Crippen molar-refractivity contribution in [3.8, 4) is 5.75 Å². The van der Waals surface area contributed by atoms with Crippen molar-refractivity contribution in [1.29, 1.82) is 0 Å². The average Bonchev–Trinajstić information content (AvgIpc) is 2.90. The number of anilines is 1. The molecule has 0 aliphatic rings. The number of carbonyl (C=O) groups excluding carboxylic acids is 2. The van der Waals surface area contributed by atoms with Gasteiger partial charge in [-0.25, -0.2) is 8.42 Å². The summed E-state index contributed by atoms with van der Waals surface area (Å²) in [4.78, 5) is 28.3. The van der Waals surface area contributed by atoms with Gasteiger partial charge in [-0.05, 0) is 69.7 Å². The first kappa shape index (κ1) is 30.0. The summed E-state index contributed by atoms with van der Waals surface area (Å²) in [6.07, 6.45) is 0. The van der Waals surface area contributed by atoms with Crippen molar-refractivity contribution >= 4 is 39.1 Å². The standard InChI is InChI=1S/C29H34ClN3O5S/c1-20(2)31-29(35)22(4)32(18-23-12-14-24(30)15-13-23)28(34)19-33(26-8-6-7-9-27(26)38-5)39(36,37)25-16-10-21(3)11-17-25/h6-17,20,22H,18-19H2,1-5H3,(H,31,35). The number of hydrogen-bond acceptors (Lipinski definition) is 5. The Labute approximate surface area is 235 Å². The van der Waals surface area contributed by atoms with E-state index in [1.54, 1.807) is 67.6 Å². The van der Waals surface area contributed by atoms with E-state index in [-0.39, 0.29) is 34.8 Å². The highest BCUT2D eigenvalue weighted by atomic mass is 35.5. The molecule has 3 aromatic rings. The first-order valence-electron chi connectivity index (χ1n) is 12.5. The average molecular weight is 572 g/mol. The van der Waals surface area contributed by atoms with Gasteiger partial charge in [-0.1, -0.05) is 53.6 Å². The molecule has 2 amide bonds. The van der Waals surface area contributed by atoms with Crippen LogP contribution in [0.1, 0.15) is 31.9 Å². The van der Waals surface area contributed by atoms with E-state index in [1.807, 2.05) is 20.8 Å². The number of aryl methyl sites for hydroxylation is 1. The lowest BCUT2D eigenvalue weighted by Crippen LogP contribution is -2.52. The zero-order valence-corrected chi connectivity index (χ0v) is 24.3. The smallest absolute Gasteiger partial charge is 0.264 e. The van der Waals surface area contributed by atoms with Gasteiger partial charge >= 0.3 is 0 Å². The minimum atomic E-state index is -4.19. The molecule has 3 aromatic carbocycles. The van der Waals surface area contributed by atoms with Crippen LogP contribution in [0.3, 0.4) is 0 Å². The van der Waals surface area contributed by atoms with E-state index < -0.39 is 28.5 Å². The van der Waals surface area contributed by atoms with Crippen molar-refractivity contribution in [2.75, 3.05) is 18.0 Å². The fourth-order valence-corrected chi connectivity index (χ4v) is 5.51. The number of rotatable bonds is 11. The fraction of sp³-hybridized carbons (Fsp3) is 0.310. The molecule has 1 N–H and O–H groups in total. The zero-order valence-electron chi connectivity index (χ0n) is 22.7. The summed E-state index contributed by atoms with van der Waals surface area (Å²) in [6.45, 7) is 6.65. The van der Waals surface area contributed by atoms with E-state index in [2.05, 4.69) is 5.32 Å². The highest BCUT2D eigenvalue weighted by Crippen LogP contribution is 2.32. The van der Waals surface area contributed by atoms with Crippen LogP contribution in [0.2, 0.25) is 5.02 Å². The lowest BCUT2D eigenvalue weighted by molar-refractivity contribution is -0.139. The van der Waals surface area contributed by atoms with Crippen LogP contribution >= 0.6 is 11.6 Å². The van der Waals surface area contributed by atoms with Gasteiger partial charge in [0, 0.05) is 17.6 Å². The Bertz CT molecular complexity index is 1390. The minimum absolute atomic E-state index is 0.0293. The Kier molecular flexibility index (Phi) is 9.99. The molecule has 39 heavy (non-hydrogen) atoms. The molecule has 0 aliphatic heterocycles. The van der Waals surface area contributed by atoms with Gasteiger partial charge in [0.15, 0.2) is 0 Å². The third kappa shape index (κ3) is 7.52. The molecule has 0 aliphatic carbocycles. The number of amides is 2. The maximum Gasteiger partial charge on any atom is 0.264 e. The third-order valence-corrected chi connectivity index (χ3v) is 8.13. The molecular weight excluding hydrogens is 538 g/mol. The quantitative estimate of drug-likeness (QED) is 0.357. The summed E-state index contributed by atoms with van der Waals surface area (Å²) in [5.74, 6) is -0.619. The number of methoxy groups -OCH3 is 1. The largest absolute Gasteiger partial charge is 0.495 e. The number of ether oxygens (including phenoxy) is 1. The van der Waals surface area contributed by atoms with Crippen molar-refractivity contribution in [3.63, 3.8) is 0 Å². The van der Waals surface area contributed by atoms with Crippen molar-refractivity contribution in [3.05, 3.63) is 88.9 Å². The highest BCUT2D eigenvalue weighted by Gasteiger charge is 2.33. The number of para-hydroxylation sites is 2. The van der Waals surface area contributed by atoms with Crippen LogP contribution in [-0.2, 0) is 26.2 Å². The Balaban J connectivity index is 2.06. The lowest BCUT2D eigenvalue weighted by Gasteiger charge is -2.32. The van der Waals surface area contributed by atoms with E-state index in [4.69, 9.17) is 16.3 Å². The van der Waals surface area contributed by atoms with Gasteiger partial charge < -0.3 is 15.0 Å². The molecule has 0 heterocycles. The molecule has 8 nitrogen and oxygen atoms in total. The second-order valence-electron chi connectivity index (χ2n) is 9.48. The van der Waals surface area contributed by atoms with Gasteiger partial charge in [-0.2, -0.15) is 0 Å². The highest BCUT2D eigenvalue weighted by molar-refractivity contribution is 7.92. The lowest BCUT2D eigenvalue weighted by atomic mass is 10.1. The second kappa shape index (κ2) is 13.0. The Morgan fingerprint density at radius 1 is 0.949 bits per heavy atom. The summed E-state index contributed by atoms with van der Waals surface area (Å²) in [6, 6.07) is 18.9. The number of carbonyl (C=O) groups is 2. The molecule has 0 bridgehead atoms. The van der Waals surface area contributed by atoms with Crippen LogP contribution in [0.15, 0.2) is 77.7 Å². The molecule has 1 unspecified atom stereocenters. The summed E-state index contributed by atoms with van der Waals surface area (Å²) < 4.78 is 34.3. The number of sulfonamides is 1. The van der Waals surface area contributed by atoms with Gasteiger partial charge in [0.1, 0.15) is 18.3 Å². The van der Waals surface area contributed by atoms with Crippen LogP contribution in [0.5, 0.6) is 5.75 Å². The predicted octanol–water partition coefficient (Wildman–Crippen LogP) is 4.79. The van der Waals surface area contributed by atoms with Crippen LogP contribution in [0.4, 0.5) is 5.69 Å². The predicted molar refractivity (Wildman–Crippen MR) is 153 cm³/mol. The van der Waals surface area contributed by atoms with E-state index in [1.165, 1.54) is 24.1 Å². The van der Waals surface area contributed by atoms with Crippen molar-refractivity contribution in [1.82, 2.24) is 10.2 Å². The molecule has 10 heteroatoms. The monoisotopic (exact) mass is 571 g/mol. The number of halogens is 1.